The second-order valence-corrected chi connectivity index (χ2v) is 7.29. The lowest BCUT2D eigenvalue weighted by atomic mass is 9.68. The van der Waals surface area contributed by atoms with Crippen LogP contribution in [-0.4, -0.2) is 23.7 Å². The van der Waals surface area contributed by atoms with Crippen LogP contribution in [0, 0.1) is 17.3 Å². The van der Waals surface area contributed by atoms with E-state index >= 15 is 0 Å². The Hall–Kier alpha value is -1.35. The Labute approximate surface area is 133 Å². The highest BCUT2D eigenvalue weighted by Gasteiger charge is 2.55. The SMILES string of the molecule is CC(CCO)NC(=O)C1(Cc2ccccc2)CC2CCC1C2. The number of rotatable bonds is 6. The summed E-state index contributed by atoms with van der Waals surface area (Å²) in [6.07, 6.45) is 6.22. The van der Waals surface area contributed by atoms with Crippen LogP contribution in [0.1, 0.15) is 44.6 Å². The fraction of sp³-hybridized carbons (Fsp3) is 0.632. The number of nitrogens with one attached hydrogen (secondary N) is 1. The topological polar surface area (TPSA) is 49.3 Å². The van der Waals surface area contributed by atoms with Crippen molar-refractivity contribution < 1.29 is 9.90 Å². The van der Waals surface area contributed by atoms with Crippen LogP contribution in [0.25, 0.3) is 0 Å². The quantitative estimate of drug-likeness (QED) is 0.849. The van der Waals surface area contributed by atoms with Crippen LogP contribution >= 0.6 is 0 Å². The van der Waals surface area contributed by atoms with E-state index < -0.39 is 0 Å². The van der Waals surface area contributed by atoms with Crippen molar-refractivity contribution >= 4 is 5.91 Å². The highest BCUT2D eigenvalue weighted by molar-refractivity contribution is 5.84. The fourth-order valence-electron chi connectivity index (χ4n) is 4.61. The Bertz CT molecular complexity index is 515. The Morgan fingerprint density at radius 2 is 2.14 bits per heavy atom. The number of carbonyl (C=O) groups is 1. The van der Waals surface area contributed by atoms with Gasteiger partial charge >= 0.3 is 0 Å². The Kier molecular flexibility index (Phi) is 4.53. The van der Waals surface area contributed by atoms with Gasteiger partial charge in [0.2, 0.25) is 5.91 Å². The molecule has 0 spiro atoms. The fourth-order valence-corrected chi connectivity index (χ4v) is 4.61. The summed E-state index contributed by atoms with van der Waals surface area (Å²) in [5.74, 6) is 1.47. The third kappa shape index (κ3) is 2.91. The van der Waals surface area contributed by atoms with Gasteiger partial charge in [-0.15, -0.1) is 0 Å². The average Bonchev–Trinajstić information content (AvgIpc) is 3.10. The van der Waals surface area contributed by atoms with Crippen molar-refractivity contribution in [1.29, 1.82) is 0 Å². The zero-order valence-corrected chi connectivity index (χ0v) is 13.4. The van der Waals surface area contributed by atoms with E-state index in [1.54, 1.807) is 0 Å². The van der Waals surface area contributed by atoms with Crippen LogP contribution in [-0.2, 0) is 11.2 Å². The van der Waals surface area contributed by atoms with E-state index in [-0.39, 0.29) is 24.0 Å². The zero-order valence-electron chi connectivity index (χ0n) is 13.4. The molecule has 4 atom stereocenters. The summed E-state index contributed by atoms with van der Waals surface area (Å²) in [5.41, 5.74) is 1.04. The number of amides is 1. The van der Waals surface area contributed by atoms with Gasteiger partial charge in [-0.3, -0.25) is 4.79 Å². The first-order valence-electron chi connectivity index (χ1n) is 8.60. The van der Waals surface area contributed by atoms with E-state index in [9.17, 15) is 4.79 Å². The lowest BCUT2D eigenvalue weighted by Crippen LogP contribution is -2.49. The molecule has 2 aliphatic rings. The smallest absolute Gasteiger partial charge is 0.227 e. The van der Waals surface area contributed by atoms with Crippen LogP contribution in [0.3, 0.4) is 0 Å². The minimum absolute atomic E-state index is 0.0456. The van der Waals surface area contributed by atoms with Gasteiger partial charge in [0.1, 0.15) is 0 Å². The number of fused-ring (bicyclic) bond motifs is 2. The van der Waals surface area contributed by atoms with E-state index in [0.717, 1.165) is 18.8 Å². The third-order valence-electron chi connectivity index (χ3n) is 5.73. The van der Waals surface area contributed by atoms with Gasteiger partial charge in [0.15, 0.2) is 0 Å². The van der Waals surface area contributed by atoms with Crippen molar-refractivity contribution in [3.8, 4) is 0 Å². The molecular formula is C19H27NO2. The number of aliphatic hydroxyl groups excluding tert-OH is 1. The Morgan fingerprint density at radius 1 is 1.36 bits per heavy atom. The van der Waals surface area contributed by atoms with Crippen LogP contribution in [0.2, 0.25) is 0 Å². The molecule has 22 heavy (non-hydrogen) atoms. The standard InChI is InChI=1S/C19H27NO2/c1-14(9-10-21)20-18(22)19(12-15-5-3-2-4-6-15)13-16-7-8-17(19)11-16/h2-6,14,16-17,21H,7-13H2,1H3,(H,20,22). The van der Waals surface area contributed by atoms with E-state index in [1.165, 1.54) is 24.8 Å². The Morgan fingerprint density at radius 3 is 2.73 bits per heavy atom. The predicted molar refractivity (Wildman–Crippen MR) is 87.3 cm³/mol. The summed E-state index contributed by atoms with van der Waals surface area (Å²) >= 11 is 0. The second-order valence-electron chi connectivity index (χ2n) is 7.29. The molecule has 0 radical (unpaired) electrons. The molecule has 2 aliphatic carbocycles. The van der Waals surface area contributed by atoms with E-state index in [2.05, 4.69) is 29.6 Å². The van der Waals surface area contributed by atoms with Gasteiger partial charge < -0.3 is 10.4 Å². The van der Waals surface area contributed by atoms with Crippen molar-refractivity contribution in [2.75, 3.05) is 6.61 Å². The third-order valence-corrected chi connectivity index (χ3v) is 5.73. The molecule has 120 valence electrons. The summed E-state index contributed by atoms with van der Waals surface area (Å²) in [4.78, 5) is 13.1. The van der Waals surface area contributed by atoms with Crippen LogP contribution in [0.15, 0.2) is 30.3 Å². The molecule has 0 aromatic heterocycles. The number of hydrogen-bond acceptors (Lipinski definition) is 2. The minimum atomic E-state index is -0.228. The molecule has 2 bridgehead atoms. The van der Waals surface area contributed by atoms with Crippen molar-refractivity contribution in [3.05, 3.63) is 35.9 Å². The Balaban J connectivity index is 1.80. The molecule has 3 rings (SSSR count). The molecule has 2 fully saturated rings. The van der Waals surface area contributed by atoms with E-state index in [0.29, 0.717) is 12.3 Å². The molecule has 4 unspecified atom stereocenters. The number of hydrogen-bond donors (Lipinski definition) is 2. The molecule has 0 heterocycles. The number of carbonyl (C=O) groups excluding carboxylic acids is 1. The molecule has 2 saturated carbocycles. The lowest BCUT2D eigenvalue weighted by Gasteiger charge is -2.37. The van der Waals surface area contributed by atoms with E-state index in [4.69, 9.17) is 5.11 Å². The summed E-state index contributed by atoms with van der Waals surface area (Å²) in [5, 5.41) is 12.2. The van der Waals surface area contributed by atoms with Gasteiger partial charge in [0.05, 0.1) is 5.41 Å². The highest BCUT2D eigenvalue weighted by Crippen LogP contribution is 2.57. The summed E-state index contributed by atoms with van der Waals surface area (Å²) < 4.78 is 0. The molecule has 0 saturated heterocycles. The van der Waals surface area contributed by atoms with Crippen molar-refractivity contribution in [1.82, 2.24) is 5.32 Å². The normalized spacial score (nSPS) is 31.2. The van der Waals surface area contributed by atoms with Gasteiger partial charge in [-0.2, -0.15) is 0 Å². The molecule has 3 heteroatoms. The molecule has 3 nitrogen and oxygen atoms in total. The molecular weight excluding hydrogens is 274 g/mol. The highest BCUT2D eigenvalue weighted by atomic mass is 16.3. The first kappa shape index (κ1) is 15.5. The van der Waals surface area contributed by atoms with Crippen molar-refractivity contribution in [3.63, 3.8) is 0 Å². The maximum atomic E-state index is 13.1. The van der Waals surface area contributed by atoms with Crippen molar-refractivity contribution in [2.45, 2.75) is 51.5 Å². The first-order valence-corrected chi connectivity index (χ1v) is 8.60. The van der Waals surface area contributed by atoms with Crippen LogP contribution in [0.5, 0.6) is 0 Å². The van der Waals surface area contributed by atoms with Crippen LogP contribution < -0.4 is 5.32 Å². The summed E-state index contributed by atoms with van der Waals surface area (Å²) in [6.45, 7) is 2.11. The second kappa shape index (κ2) is 6.41. The number of aliphatic hydroxyl groups is 1. The van der Waals surface area contributed by atoms with Gasteiger partial charge in [0.25, 0.3) is 0 Å². The molecule has 2 N–H and O–H groups in total. The lowest BCUT2D eigenvalue weighted by molar-refractivity contribution is -0.135. The predicted octanol–water partition coefficient (Wildman–Crippen LogP) is 2.92. The number of benzene rings is 1. The molecule has 1 amide bonds. The molecule has 1 aromatic carbocycles. The van der Waals surface area contributed by atoms with Gasteiger partial charge in [-0.25, -0.2) is 0 Å². The largest absolute Gasteiger partial charge is 0.396 e. The minimum Gasteiger partial charge on any atom is -0.396 e. The first-order chi connectivity index (χ1) is 10.6. The van der Waals surface area contributed by atoms with Crippen molar-refractivity contribution in [2.24, 2.45) is 17.3 Å². The average molecular weight is 301 g/mol. The summed E-state index contributed by atoms with van der Waals surface area (Å²) in [6, 6.07) is 10.5. The zero-order chi connectivity index (χ0) is 15.6. The van der Waals surface area contributed by atoms with Gasteiger partial charge in [-0.05, 0) is 56.4 Å². The monoisotopic (exact) mass is 301 g/mol. The summed E-state index contributed by atoms with van der Waals surface area (Å²) in [7, 11) is 0. The van der Waals surface area contributed by atoms with Gasteiger partial charge in [0, 0.05) is 12.6 Å². The van der Waals surface area contributed by atoms with Crippen LogP contribution in [0.4, 0.5) is 0 Å². The van der Waals surface area contributed by atoms with Gasteiger partial charge in [-0.1, -0.05) is 36.8 Å². The maximum absolute atomic E-state index is 13.1. The molecule has 1 aromatic rings. The molecule has 0 aliphatic heterocycles. The maximum Gasteiger partial charge on any atom is 0.227 e. The van der Waals surface area contributed by atoms with E-state index in [1.807, 2.05) is 13.0 Å².